The summed E-state index contributed by atoms with van der Waals surface area (Å²) in [5.74, 6) is 2.08. The van der Waals surface area contributed by atoms with Crippen molar-refractivity contribution < 1.29 is 14.7 Å². The molecule has 7 heteroatoms. The standard InChI is InChI=1S/C32H54N4O3/c1-8-28-29(20-37)39-36(30(28)31(38)34-26-15-24-14-25(16-26)32(24,4)5)18-23-11-9-10-22(13-23)17-33-27(12-21(2)3)19-35(6)7/h9-11,13,21,24-30,33,37H,8,12,14-20H2,1-7H3,(H,34,38)/t24-,25+,26+,27-,28+,29-,30-/m0/s1. The Bertz CT molecular complexity index is 927. The van der Waals surface area contributed by atoms with Gasteiger partial charge in [0.15, 0.2) is 0 Å². The first-order chi connectivity index (χ1) is 18.5. The van der Waals surface area contributed by atoms with E-state index >= 15 is 0 Å². The van der Waals surface area contributed by atoms with E-state index < -0.39 is 6.04 Å². The summed E-state index contributed by atoms with van der Waals surface area (Å²) in [6.45, 7) is 13.7. The zero-order valence-corrected chi connectivity index (χ0v) is 25.5. The SMILES string of the molecule is CC[C@@H]1[C@H](CO)ON(Cc2cccc(CN[C@@H](CC(C)C)CN(C)C)c2)[C@@H]1C(=O)N[C@@H]1C[C@@H]2C[C@H](C1)C2(C)C. The molecule has 3 N–H and O–H groups in total. The lowest BCUT2D eigenvalue weighted by Gasteiger charge is -2.59. The molecule has 2 bridgehead atoms. The second-order valence-corrected chi connectivity index (χ2v) is 13.8. The minimum atomic E-state index is -0.393. The molecule has 3 saturated carbocycles. The number of hydrogen-bond donors (Lipinski definition) is 3. The van der Waals surface area contributed by atoms with Gasteiger partial charge >= 0.3 is 0 Å². The monoisotopic (exact) mass is 542 g/mol. The Morgan fingerprint density at radius 2 is 1.87 bits per heavy atom. The molecule has 1 amide bonds. The summed E-state index contributed by atoms with van der Waals surface area (Å²) >= 11 is 0. The summed E-state index contributed by atoms with van der Waals surface area (Å²) in [4.78, 5) is 22.2. The van der Waals surface area contributed by atoms with Crippen molar-refractivity contribution >= 4 is 5.91 Å². The van der Waals surface area contributed by atoms with E-state index in [-0.39, 0.29) is 30.6 Å². The normalized spacial score (nSPS) is 30.9. The Labute approximate surface area is 237 Å². The zero-order valence-electron chi connectivity index (χ0n) is 25.5. The van der Waals surface area contributed by atoms with Crippen molar-refractivity contribution in [1.29, 1.82) is 0 Å². The van der Waals surface area contributed by atoms with E-state index in [0.29, 0.717) is 35.8 Å². The lowest BCUT2D eigenvalue weighted by molar-refractivity contribution is -0.182. The van der Waals surface area contributed by atoms with E-state index in [1.807, 2.05) is 5.06 Å². The van der Waals surface area contributed by atoms with Crippen LogP contribution in [0.3, 0.4) is 0 Å². The van der Waals surface area contributed by atoms with Crippen molar-refractivity contribution in [2.75, 3.05) is 27.2 Å². The van der Waals surface area contributed by atoms with Crippen LogP contribution in [0.5, 0.6) is 0 Å². The fourth-order valence-corrected chi connectivity index (χ4v) is 7.47. The van der Waals surface area contributed by atoms with E-state index in [0.717, 1.165) is 44.3 Å². The number of likely N-dealkylation sites (N-methyl/N-ethyl adjacent to an activating group) is 1. The summed E-state index contributed by atoms with van der Waals surface area (Å²) in [6.07, 6.45) is 5.03. The van der Waals surface area contributed by atoms with E-state index in [1.54, 1.807) is 0 Å². The van der Waals surface area contributed by atoms with Crippen LogP contribution >= 0.6 is 0 Å². The first-order valence-electron chi connectivity index (χ1n) is 15.3. The Morgan fingerprint density at radius 1 is 1.18 bits per heavy atom. The molecule has 7 atom stereocenters. The van der Waals surface area contributed by atoms with Gasteiger partial charge in [0, 0.05) is 31.1 Å². The van der Waals surface area contributed by atoms with Crippen molar-refractivity contribution in [3.05, 3.63) is 35.4 Å². The van der Waals surface area contributed by atoms with Crippen LogP contribution in [0.1, 0.15) is 77.8 Å². The molecule has 0 unspecified atom stereocenters. The molecular weight excluding hydrogens is 488 g/mol. The predicted octanol–water partition coefficient (Wildman–Crippen LogP) is 4.20. The van der Waals surface area contributed by atoms with Crippen LogP contribution in [-0.2, 0) is 22.7 Å². The third-order valence-corrected chi connectivity index (χ3v) is 9.81. The highest BCUT2D eigenvalue weighted by Crippen LogP contribution is 2.59. The first kappa shape index (κ1) is 30.4. The highest BCUT2D eigenvalue weighted by atomic mass is 16.7. The van der Waals surface area contributed by atoms with Crippen LogP contribution in [0, 0.1) is 29.1 Å². The third-order valence-electron chi connectivity index (χ3n) is 9.81. The molecule has 5 rings (SSSR count). The van der Waals surface area contributed by atoms with Crippen molar-refractivity contribution in [3.63, 3.8) is 0 Å². The molecule has 1 aromatic carbocycles. The maximum absolute atomic E-state index is 13.7. The number of fused-ring (bicyclic) bond motifs is 2. The lowest BCUT2D eigenvalue weighted by Crippen LogP contribution is -2.58. The number of carbonyl (C=O) groups excluding carboxylic acids is 1. The summed E-state index contributed by atoms with van der Waals surface area (Å²) in [5.41, 5.74) is 2.77. The molecular formula is C32H54N4O3. The Balaban J connectivity index is 1.41. The van der Waals surface area contributed by atoms with Gasteiger partial charge in [0.25, 0.3) is 0 Å². The number of aliphatic hydroxyl groups excluding tert-OH is 1. The number of amides is 1. The number of hydrogen-bond acceptors (Lipinski definition) is 6. The molecule has 4 aliphatic rings. The van der Waals surface area contributed by atoms with Gasteiger partial charge in [-0.05, 0) is 80.5 Å². The molecule has 39 heavy (non-hydrogen) atoms. The van der Waals surface area contributed by atoms with Gasteiger partial charge in [-0.1, -0.05) is 58.9 Å². The smallest absolute Gasteiger partial charge is 0.240 e. The van der Waals surface area contributed by atoms with Gasteiger partial charge in [0.1, 0.15) is 12.1 Å². The molecule has 3 aliphatic carbocycles. The maximum Gasteiger partial charge on any atom is 0.240 e. The molecule has 4 fully saturated rings. The molecule has 1 heterocycles. The largest absolute Gasteiger partial charge is 0.394 e. The molecule has 1 saturated heterocycles. The summed E-state index contributed by atoms with van der Waals surface area (Å²) in [5, 5.41) is 19.1. The van der Waals surface area contributed by atoms with Crippen LogP contribution in [0.25, 0.3) is 0 Å². The number of hydroxylamine groups is 2. The van der Waals surface area contributed by atoms with Gasteiger partial charge in [0.2, 0.25) is 5.91 Å². The number of aliphatic hydroxyl groups is 1. The number of nitrogens with zero attached hydrogens (tertiary/aromatic N) is 2. The molecule has 0 aromatic heterocycles. The molecule has 1 aromatic rings. The zero-order chi connectivity index (χ0) is 28.3. The highest BCUT2D eigenvalue weighted by molar-refractivity contribution is 5.82. The number of rotatable bonds is 13. The Hall–Kier alpha value is -1.51. The second kappa shape index (κ2) is 13.0. The summed E-state index contributed by atoms with van der Waals surface area (Å²) < 4.78 is 0. The maximum atomic E-state index is 13.7. The fraction of sp³-hybridized carbons (Fsp3) is 0.781. The minimum Gasteiger partial charge on any atom is -0.394 e. The van der Waals surface area contributed by atoms with Crippen molar-refractivity contribution in [1.82, 2.24) is 20.6 Å². The van der Waals surface area contributed by atoms with Gasteiger partial charge in [0.05, 0.1) is 13.2 Å². The van der Waals surface area contributed by atoms with Crippen LogP contribution in [0.4, 0.5) is 0 Å². The summed E-state index contributed by atoms with van der Waals surface area (Å²) in [6, 6.07) is 8.87. The van der Waals surface area contributed by atoms with E-state index in [4.69, 9.17) is 4.84 Å². The van der Waals surface area contributed by atoms with Crippen LogP contribution in [0.15, 0.2) is 24.3 Å². The van der Waals surface area contributed by atoms with E-state index in [9.17, 15) is 9.90 Å². The third kappa shape index (κ3) is 7.23. The Morgan fingerprint density at radius 3 is 2.46 bits per heavy atom. The van der Waals surface area contributed by atoms with E-state index in [2.05, 4.69) is 88.5 Å². The average Bonchev–Trinajstić information content (AvgIpc) is 3.24. The van der Waals surface area contributed by atoms with Crippen LogP contribution in [-0.4, -0.2) is 72.5 Å². The quantitative estimate of drug-likeness (QED) is 0.347. The van der Waals surface area contributed by atoms with Gasteiger partial charge in [-0.2, -0.15) is 5.06 Å². The van der Waals surface area contributed by atoms with Crippen LogP contribution < -0.4 is 10.6 Å². The number of benzene rings is 1. The van der Waals surface area contributed by atoms with Crippen molar-refractivity contribution in [2.45, 2.75) is 104 Å². The molecule has 1 aliphatic heterocycles. The molecule has 7 nitrogen and oxygen atoms in total. The van der Waals surface area contributed by atoms with Crippen molar-refractivity contribution in [2.24, 2.45) is 29.1 Å². The summed E-state index contributed by atoms with van der Waals surface area (Å²) in [7, 11) is 4.25. The first-order valence-corrected chi connectivity index (χ1v) is 15.3. The van der Waals surface area contributed by atoms with Gasteiger partial charge in [-0.25, -0.2) is 0 Å². The molecule has 220 valence electrons. The van der Waals surface area contributed by atoms with Crippen molar-refractivity contribution in [3.8, 4) is 0 Å². The topological polar surface area (TPSA) is 77.1 Å². The van der Waals surface area contributed by atoms with Gasteiger partial charge in [-0.15, -0.1) is 0 Å². The van der Waals surface area contributed by atoms with Gasteiger partial charge < -0.3 is 20.6 Å². The molecule has 0 radical (unpaired) electrons. The molecule has 0 spiro atoms. The lowest BCUT2D eigenvalue weighted by atomic mass is 9.48. The predicted molar refractivity (Wildman–Crippen MR) is 157 cm³/mol. The second-order valence-electron chi connectivity index (χ2n) is 13.8. The minimum absolute atomic E-state index is 0.0303. The number of carbonyl (C=O) groups is 1. The van der Waals surface area contributed by atoms with Gasteiger partial charge in [-0.3, -0.25) is 9.63 Å². The average molecular weight is 543 g/mol. The Kier molecular flexibility index (Phi) is 10.1. The van der Waals surface area contributed by atoms with Crippen LogP contribution in [0.2, 0.25) is 0 Å². The highest BCUT2D eigenvalue weighted by Gasteiger charge is 2.53. The van der Waals surface area contributed by atoms with E-state index in [1.165, 1.54) is 12.0 Å². The fourth-order valence-electron chi connectivity index (χ4n) is 7.47. The number of nitrogens with one attached hydrogen (secondary N) is 2.